The number of carbonyl (C=O) groups excluding carboxylic acids is 1. The number of anilines is 1. The number of amides is 1. The summed E-state index contributed by atoms with van der Waals surface area (Å²) in [6, 6.07) is 15.3. The summed E-state index contributed by atoms with van der Waals surface area (Å²) in [5, 5.41) is 6.90. The van der Waals surface area contributed by atoms with Crippen molar-refractivity contribution in [1.29, 1.82) is 0 Å². The molecule has 0 radical (unpaired) electrons. The summed E-state index contributed by atoms with van der Waals surface area (Å²) in [7, 11) is 0. The fourth-order valence-electron chi connectivity index (χ4n) is 3.11. The van der Waals surface area contributed by atoms with Gasteiger partial charge >= 0.3 is 0 Å². The molecular formula is C22H20N4O3. The maximum atomic E-state index is 12.7. The average Bonchev–Trinajstić information content (AvgIpc) is 3.16. The Kier molecular flexibility index (Phi) is 4.95. The van der Waals surface area contributed by atoms with Gasteiger partial charge in [-0.25, -0.2) is 4.98 Å². The highest BCUT2D eigenvalue weighted by atomic mass is 16.5. The molecule has 0 saturated carbocycles. The van der Waals surface area contributed by atoms with Crippen molar-refractivity contribution in [2.24, 2.45) is 0 Å². The summed E-state index contributed by atoms with van der Waals surface area (Å²) in [5.41, 5.74) is 4.32. The predicted octanol–water partition coefficient (Wildman–Crippen LogP) is 3.70. The largest absolute Gasteiger partial charge is 0.348 e. The fraction of sp³-hybridized carbons (Fsp3) is 0.182. The van der Waals surface area contributed by atoms with Crippen LogP contribution in [0.15, 0.2) is 64.2 Å². The average molecular weight is 388 g/mol. The number of hydrogen-bond acceptors (Lipinski definition) is 5. The van der Waals surface area contributed by atoms with Gasteiger partial charge in [0, 0.05) is 24.2 Å². The normalized spacial score (nSPS) is 11.0. The van der Waals surface area contributed by atoms with E-state index >= 15 is 0 Å². The number of hydrogen-bond donors (Lipinski definition) is 1. The molecular weight excluding hydrogens is 368 g/mol. The monoisotopic (exact) mass is 388 g/mol. The van der Waals surface area contributed by atoms with Crippen LogP contribution in [0.4, 0.5) is 5.69 Å². The second-order valence-electron chi connectivity index (χ2n) is 6.93. The molecule has 1 amide bonds. The number of fused-ring (bicyclic) bond motifs is 1. The molecule has 2 heterocycles. The van der Waals surface area contributed by atoms with Gasteiger partial charge in [0.25, 0.3) is 11.1 Å². The Morgan fingerprint density at radius 1 is 1.14 bits per heavy atom. The molecule has 0 bridgehead atoms. The van der Waals surface area contributed by atoms with E-state index in [2.05, 4.69) is 15.5 Å². The Labute approximate surface area is 167 Å². The predicted molar refractivity (Wildman–Crippen MR) is 111 cm³/mol. The van der Waals surface area contributed by atoms with E-state index in [1.807, 2.05) is 62.4 Å². The minimum atomic E-state index is -0.357. The summed E-state index contributed by atoms with van der Waals surface area (Å²) in [6.45, 7) is 4.10. The molecule has 0 saturated heterocycles. The molecule has 146 valence electrons. The Balaban J connectivity index is 1.52. The maximum Gasteiger partial charge on any atom is 0.299 e. The lowest BCUT2D eigenvalue weighted by atomic mass is 10.1. The van der Waals surface area contributed by atoms with Crippen LogP contribution < -0.4 is 10.9 Å². The smallest absolute Gasteiger partial charge is 0.299 e. The van der Waals surface area contributed by atoms with E-state index in [4.69, 9.17) is 4.52 Å². The number of nitrogens with zero attached hydrogens (tertiary/aromatic N) is 3. The van der Waals surface area contributed by atoms with Crippen LogP contribution in [-0.4, -0.2) is 20.6 Å². The van der Waals surface area contributed by atoms with Gasteiger partial charge in [-0.1, -0.05) is 47.6 Å². The first-order valence-electron chi connectivity index (χ1n) is 9.30. The molecule has 1 N–H and O–H groups in total. The molecule has 0 fully saturated rings. The molecule has 0 spiro atoms. The SMILES string of the molecule is Cc1ccc(C)c(NC(=O)CCn2cnc3c(-c4ccccc4)noc3c2=O)c1. The van der Waals surface area contributed by atoms with Crippen molar-refractivity contribution in [2.75, 3.05) is 5.32 Å². The molecule has 4 rings (SSSR count). The van der Waals surface area contributed by atoms with Gasteiger partial charge < -0.3 is 9.84 Å². The van der Waals surface area contributed by atoms with Crippen LogP contribution in [0, 0.1) is 13.8 Å². The minimum Gasteiger partial charge on any atom is -0.348 e. The maximum absolute atomic E-state index is 12.7. The van der Waals surface area contributed by atoms with E-state index in [1.54, 1.807) is 0 Å². The van der Waals surface area contributed by atoms with Gasteiger partial charge in [-0.2, -0.15) is 0 Å². The zero-order valence-electron chi connectivity index (χ0n) is 16.2. The molecule has 2 aromatic carbocycles. The van der Waals surface area contributed by atoms with Gasteiger partial charge in [-0.3, -0.25) is 14.2 Å². The zero-order valence-corrected chi connectivity index (χ0v) is 16.2. The van der Waals surface area contributed by atoms with Gasteiger partial charge in [-0.15, -0.1) is 0 Å². The third-order valence-electron chi connectivity index (χ3n) is 4.74. The summed E-state index contributed by atoms with van der Waals surface area (Å²) < 4.78 is 6.63. The van der Waals surface area contributed by atoms with E-state index < -0.39 is 0 Å². The Hall–Kier alpha value is -3.74. The van der Waals surface area contributed by atoms with E-state index in [1.165, 1.54) is 10.9 Å². The molecule has 0 aliphatic heterocycles. The molecule has 0 aliphatic carbocycles. The highest BCUT2D eigenvalue weighted by Gasteiger charge is 2.16. The highest BCUT2D eigenvalue weighted by molar-refractivity contribution is 5.91. The molecule has 7 heteroatoms. The number of carbonyl (C=O) groups is 1. The molecule has 0 atom stereocenters. The highest BCUT2D eigenvalue weighted by Crippen LogP contribution is 2.24. The van der Waals surface area contributed by atoms with Crippen LogP contribution in [0.5, 0.6) is 0 Å². The number of nitrogens with one attached hydrogen (secondary N) is 1. The number of aromatic nitrogens is 3. The van der Waals surface area contributed by atoms with Crippen LogP contribution in [0.3, 0.4) is 0 Å². The molecule has 0 unspecified atom stereocenters. The van der Waals surface area contributed by atoms with E-state index in [0.717, 1.165) is 22.4 Å². The first-order valence-corrected chi connectivity index (χ1v) is 9.30. The zero-order chi connectivity index (χ0) is 20.4. The second-order valence-corrected chi connectivity index (χ2v) is 6.93. The van der Waals surface area contributed by atoms with Crippen molar-refractivity contribution in [2.45, 2.75) is 26.8 Å². The van der Waals surface area contributed by atoms with Crippen LogP contribution in [-0.2, 0) is 11.3 Å². The van der Waals surface area contributed by atoms with Crippen molar-refractivity contribution in [3.63, 3.8) is 0 Å². The number of benzene rings is 2. The van der Waals surface area contributed by atoms with Crippen molar-refractivity contribution >= 4 is 22.7 Å². The first-order chi connectivity index (χ1) is 14.0. The minimum absolute atomic E-state index is 0.0845. The Morgan fingerprint density at radius 3 is 2.72 bits per heavy atom. The van der Waals surface area contributed by atoms with Gasteiger partial charge in [0.05, 0.1) is 6.33 Å². The van der Waals surface area contributed by atoms with Gasteiger partial charge in [0.2, 0.25) is 5.91 Å². The topological polar surface area (TPSA) is 90.0 Å². The van der Waals surface area contributed by atoms with Crippen molar-refractivity contribution in [1.82, 2.24) is 14.7 Å². The lowest BCUT2D eigenvalue weighted by Crippen LogP contribution is -2.23. The first kappa shape index (κ1) is 18.6. The molecule has 7 nitrogen and oxygen atoms in total. The van der Waals surface area contributed by atoms with Crippen LogP contribution in [0.25, 0.3) is 22.4 Å². The van der Waals surface area contributed by atoms with E-state index in [0.29, 0.717) is 11.2 Å². The van der Waals surface area contributed by atoms with Gasteiger partial charge in [0.15, 0.2) is 0 Å². The summed E-state index contributed by atoms with van der Waals surface area (Å²) in [5.74, 6) is -0.173. The molecule has 0 aliphatic rings. The standard InChI is InChI=1S/C22H20N4O3/c1-14-8-9-15(2)17(12-14)24-18(27)10-11-26-13-23-20-19(16-6-4-3-5-7-16)25-29-21(20)22(26)28/h3-9,12-13H,10-11H2,1-2H3,(H,24,27). The Morgan fingerprint density at radius 2 is 1.93 bits per heavy atom. The van der Waals surface area contributed by atoms with Crippen molar-refractivity contribution in [3.8, 4) is 11.3 Å². The summed E-state index contributed by atoms with van der Waals surface area (Å²) in [4.78, 5) is 29.4. The molecule has 2 aromatic heterocycles. The van der Waals surface area contributed by atoms with Crippen LogP contribution in [0.2, 0.25) is 0 Å². The molecule has 29 heavy (non-hydrogen) atoms. The van der Waals surface area contributed by atoms with Crippen molar-refractivity contribution in [3.05, 3.63) is 76.3 Å². The number of rotatable bonds is 5. The van der Waals surface area contributed by atoms with Crippen LogP contribution >= 0.6 is 0 Å². The second kappa shape index (κ2) is 7.71. The van der Waals surface area contributed by atoms with Crippen molar-refractivity contribution < 1.29 is 9.32 Å². The lowest BCUT2D eigenvalue weighted by molar-refractivity contribution is -0.116. The quantitative estimate of drug-likeness (QED) is 0.563. The molecule has 4 aromatic rings. The summed E-state index contributed by atoms with van der Waals surface area (Å²) >= 11 is 0. The van der Waals surface area contributed by atoms with Gasteiger partial charge in [0.1, 0.15) is 11.2 Å². The Bertz CT molecular complexity index is 1240. The van der Waals surface area contributed by atoms with Gasteiger partial charge in [-0.05, 0) is 31.0 Å². The lowest BCUT2D eigenvalue weighted by Gasteiger charge is -2.10. The third kappa shape index (κ3) is 3.80. The van der Waals surface area contributed by atoms with E-state index in [-0.39, 0.29) is 30.0 Å². The summed E-state index contributed by atoms with van der Waals surface area (Å²) in [6.07, 6.45) is 1.57. The van der Waals surface area contributed by atoms with Crippen LogP contribution in [0.1, 0.15) is 17.5 Å². The fourth-order valence-corrected chi connectivity index (χ4v) is 3.11. The third-order valence-corrected chi connectivity index (χ3v) is 4.74. The number of aryl methyl sites for hydroxylation is 3. The van der Waals surface area contributed by atoms with E-state index in [9.17, 15) is 9.59 Å².